The lowest BCUT2D eigenvalue weighted by atomic mass is 10.1. The van der Waals surface area contributed by atoms with Gasteiger partial charge in [-0.25, -0.2) is 12.7 Å². The van der Waals surface area contributed by atoms with Crippen molar-refractivity contribution in [2.75, 3.05) is 32.4 Å². The fourth-order valence-electron chi connectivity index (χ4n) is 2.62. The van der Waals surface area contributed by atoms with Crippen LogP contribution in [-0.4, -0.2) is 57.2 Å². The largest absolute Gasteiger partial charge is 0.355 e. The fourth-order valence-corrected chi connectivity index (χ4v) is 4.15. The average Bonchev–Trinajstić information content (AvgIpc) is 2.81. The van der Waals surface area contributed by atoms with Crippen molar-refractivity contribution in [3.05, 3.63) is 0 Å². The molecule has 2 N–H and O–H groups in total. The molecule has 138 valence electrons. The molecule has 0 bridgehead atoms. The molecule has 0 aromatic rings. The highest BCUT2D eigenvalue weighted by Gasteiger charge is 2.27. The van der Waals surface area contributed by atoms with Crippen LogP contribution in [0, 0.1) is 0 Å². The monoisotopic (exact) mass is 460 g/mol. The van der Waals surface area contributed by atoms with E-state index in [4.69, 9.17) is 0 Å². The van der Waals surface area contributed by atoms with E-state index in [2.05, 4.69) is 29.5 Å². The molecule has 1 saturated heterocycles. The quantitative estimate of drug-likeness (QED) is 0.240. The number of nitrogens with one attached hydrogen (secondary N) is 2. The number of sulfonamides is 1. The topological polar surface area (TPSA) is 73.8 Å². The normalized spacial score (nSPS) is 19.2. The lowest BCUT2D eigenvalue weighted by Gasteiger charge is -2.19. The number of nitrogens with zero attached hydrogens (tertiary/aromatic N) is 2. The molecule has 0 radical (unpaired) electrons. The zero-order valence-corrected chi connectivity index (χ0v) is 17.8. The molecule has 1 fully saturated rings. The standard InChI is InChI=1S/C15H32N4O2S.HI/c1-4-5-6-7-9-14(2)18-15(16-3)17-10-12-19-11-8-13-22(19,20)21;/h14H,4-13H2,1-3H3,(H2,16,17,18);1H. The number of hydrogen-bond acceptors (Lipinski definition) is 3. The maximum atomic E-state index is 11.7. The highest BCUT2D eigenvalue weighted by molar-refractivity contribution is 14.0. The van der Waals surface area contributed by atoms with Gasteiger partial charge in [0.25, 0.3) is 0 Å². The minimum Gasteiger partial charge on any atom is -0.355 e. The Bertz CT molecular complexity index is 443. The zero-order chi connectivity index (χ0) is 16.4. The Balaban J connectivity index is 0.00000484. The Labute approximate surface area is 159 Å². The van der Waals surface area contributed by atoms with Gasteiger partial charge in [-0.05, 0) is 19.8 Å². The van der Waals surface area contributed by atoms with Gasteiger partial charge in [0.2, 0.25) is 10.0 Å². The Kier molecular flexibility index (Phi) is 12.2. The second kappa shape index (κ2) is 12.3. The summed E-state index contributed by atoms with van der Waals surface area (Å²) >= 11 is 0. The Morgan fingerprint density at radius 1 is 1.30 bits per heavy atom. The van der Waals surface area contributed by atoms with Gasteiger partial charge >= 0.3 is 0 Å². The number of unbranched alkanes of at least 4 members (excludes halogenated alkanes) is 3. The molecule has 0 aromatic carbocycles. The van der Waals surface area contributed by atoms with E-state index in [0.717, 1.165) is 18.8 Å². The third-order valence-electron chi connectivity index (χ3n) is 3.95. The highest BCUT2D eigenvalue weighted by Crippen LogP contribution is 2.11. The molecule has 1 aliphatic rings. The minimum atomic E-state index is -3.00. The van der Waals surface area contributed by atoms with Crippen molar-refractivity contribution in [3.8, 4) is 0 Å². The third kappa shape index (κ3) is 9.09. The second-order valence-corrected chi connectivity index (χ2v) is 8.05. The SMILES string of the molecule is CCCCCCC(C)NC(=NC)NCCN1CCCS1(=O)=O.I. The summed E-state index contributed by atoms with van der Waals surface area (Å²) < 4.78 is 25.0. The lowest BCUT2D eigenvalue weighted by molar-refractivity contribution is 0.444. The minimum absolute atomic E-state index is 0. The van der Waals surface area contributed by atoms with E-state index in [1.54, 1.807) is 11.4 Å². The van der Waals surface area contributed by atoms with Gasteiger partial charge in [-0.2, -0.15) is 0 Å². The van der Waals surface area contributed by atoms with E-state index < -0.39 is 10.0 Å². The summed E-state index contributed by atoms with van der Waals surface area (Å²) in [4.78, 5) is 4.20. The van der Waals surface area contributed by atoms with Gasteiger partial charge in [0, 0.05) is 32.7 Å². The van der Waals surface area contributed by atoms with E-state index in [1.165, 1.54) is 25.7 Å². The molecule has 0 spiro atoms. The summed E-state index contributed by atoms with van der Waals surface area (Å²) in [6, 6.07) is 0.374. The van der Waals surface area contributed by atoms with Crippen LogP contribution in [0.1, 0.15) is 52.4 Å². The van der Waals surface area contributed by atoms with Gasteiger partial charge in [0.05, 0.1) is 5.75 Å². The number of halogens is 1. The van der Waals surface area contributed by atoms with E-state index in [9.17, 15) is 8.42 Å². The molecule has 0 aromatic heterocycles. The Hall–Kier alpha value is -0.0900. The summed E-state index contributed by atoms with van der Waals surface area (Å²) in [5.74, 6) is 1.04. The molecule has 6 nitrogen and oxygen atoms in total. The van der Waals surface area contributed by atoms with Crippen LogP contribution in [0.25, 0.3) is 0 Å². The predicted molar refractivity (Wildman–Crippen MR) is 108 cm³/mol. The van der Waals surface area contributed by atoms with E-state index in [-0.39, 0.29) is 29.7 Å². The van der Waals surface area contributed by atoms with Crippen molar-refractivity contribution in [2.45, 2.75) is 58.4 Å². The van der Waals surface area contributed by atoms with Crippen LogP contribution in [0.5, 0.6) is 0 Å². The average molecular weight is 460 g/mol. The summed E-state index contributed by atoms with van der Waals surface area (Å²) in [7, 11) is -1.26. The van der Waals surface area contributed by atoms with Crippen LogP contribution in [0.3, 0.4) is 0 Å². The molecule has 0 saturated carbocycles. The van der Waals surface area contributed by atoms with Gasteiger partial charge in [-0.3, -0.25) is 4.99 Å². The molecule has 1 aliphatic heterocycles. The zero-order valence-electron chi connectivity index (χ0n) is 14.7. The molecule has 1 unspecified atom stereocenters. The summed E-state index contributed by atoms with van der Waals surface area (Å²) in [6.07, 6.45) is 6.92. The van der Waals surface area contributed by atoms with Crippen LogP contribution >= 0.6 is 24.0 Å². The maximum absolute atomic E-state index is 11.7. The molecule has 0 aliphatic carbocycles. The van der Waals surface area contributed by atoms with Crippen molar-refractivity contribution in [3.63, 3.8) is 0 Å². The van der Waals surface area contributed by atoms with Crippen molar-refractivity contribution in [1.82, 2.24) is 14.9 Å². The number of hydrogen-bond donors (Lipinski definition) is 2. The van der Waals surface area contributed by atoms with Crippen LogP contribution in [0.15, 0.2) is 4.99 Å². The molecule has 8 heteroatoms. The van der Waals surface area contributed by atoms with Crippen molar-refractivity contribution < 1.29 is 8.42 Å². The fraction of sp³-hybridized carbons (Fsp3) is 0.933. The predicted octanol–water partition coefficient (Wildman–Crippen LogP) is 2.16. The second-order valence-electron chi connectivity index (χ2n) is 5.96. The van der Waals surface area contributed by atoms with Gasteiger partial charge < -0.3 is 10.6 Å². The first-order valence-electron chi connectivity index (χ1n) is 8.44. The van der Waals surface area contributed by atoms with Crippen molar-refractivity contribution in [1.29, 1.82) is 0 Å². The number of rotatable bonds is 9. The summed E-state index contributed by atoms with van der Waals surface area (Å²) in [6.45, 7) is 6.11. The molecule has 1 rings (SSSR count). The van der Waals surface area contributed by atoms with Crippen LogP contribution in [0.4, 0.5) is 0 Å². The third-order valence-corrected chi connectivity index (χ3v) is 5.91. The summed E-state index contributed by atoms with van der Waals surface area (Å²) in [5, 5.41) is 6.56. The molecule has 0 amide bonds. The molecule has 1 heterocycles. The van der Waals surface area contributed by atoms with Crippen LogP contribution in [-0.2, 0) is 10.0 Å². The molecular formula is C15H33IN4O2S. The Morgan fingerprint density at radius 3 is 2.61 bits per heavy atom. The molecule has 1 atom stereocenters. The van der Waals surface area contributed by atoms with E-state index in [0.29, 0.717) is 25.7 Å². The number of aliphatic imine (C=N–C) groups is 1. The first kappa shape index (κ1) is 22.9. The van der Waals surface area contributed by atoms with E-state index >= 15 is 0 Å². The van der Waals surface area contributed by atoms with Crippen LogP contribution < -0.4 is 10.6 Å². The van der Waals surface area contributed by atoms with Gasteiger partial charge in [-0.15, -0.1) is 24.0 Å². The van der Waals surface area contributed by atoms with Gasteiger partial charge in [0.1, 0.15) is 0 Å². The lowest BCUT2D eigenvalue weighted by Crippen LogP contribution is -2.45. The van der Waals surface area contributed by atoms with Gasteiger partial charge in [-0.1, -0.05) is 32.6 Å². The highest BCUT2D eigenvalue weighted by atomic mass is 127. The Morgan fingerprint density at radius 2 is 2.04 bits per heavy atom. The van der Waals surface area contributed by atoms with Crippen molar-refractivity contribution in [2.24, 2.45) is 4.99 Å². The molecular weight excluding hydrogens is 427 g/mol. The van der Waals surface area contributed by atoms with Crippen LogP contribution in [0.2, 0.25) is 0 Å². The first-order chi connectivity index (χ1) is 10.5. The van der Waals surface area contributed by atoms with Crippen molar-refractivity contribution >= 4 is 40.0 Å². The first-order valence-corrected chi connectivity index (χ1v) is 10.1. The number of guanidine groups is 1. The van der Waals surface area contributed by atoms with Gasteiger partial charge in [0.15, 0.2) is 5.96 Å². The maximum Gasteiger partial charge on any atom is 0.214 e. The molecule has 23 heavy (non-hydrogen) atoms. The van der Waals surface area contributed by atoms with E-state index in [1.807, 2.05) is 0 Å². The smallest absolute Gasteiger partial charge is 0.214 e. The summed E-state index contributed by atoms with van der Waals surface area (Å²) in [5.41, 5.74) is 0.